The highest BCUT2D eigenvalue weighted by Crippen LogP contribution is 2.30. The maximum absolute atomic E-state index is 5.84. The molecule has 0 saturated heterocycles. The quantitative estimate of drug-likeness (QED) is 0.805. The van der Waals surface area contributed by atoms with E-state index in [4.69, 9.17) is 15.2 Å². The SMILES string of the molecule is CC(CCN)NCC1COc2ccccc2O1. The molecule has 1 aliphatic heterocycles. The third-order valence-corrected chi connectivity index (χ3v) is 2.86. The molecule has 2 atom stereocenters. The Morgan fingerprint density at radius 1 is 1.41 bits per heavy atom. The summed E-state index contributed by atoms with van der Waals surface area (Å²) in [6.07, 6.45) is 1.05. The van der Waals surface area contributed by atoms with Crippen molar-refractivity contribution in [3.8, 4) is 11.5 Å². The van der Waals surface area contributed by atoms with Gasteiger partial charge in [0.15, 0.2) is 11.5 Å². The summed E-state index contributed by atoms with van der Waals surface area (Å²) in [7, 11) is 0. The number of benzene rings is 1. The Morgan fingerprint density at radius 3 is 2.94 bits per heavy atom. The minimum absolute atomic E-state index is 0.0742. The average molecular weight is 236 g/mol. The van der Waals surface area contributed by atoms with Crippen LogP contribution in [-0.2, 0) is 0 Å². The van der Waals surface area contributed by atoms with E-state index in [1.807, 2.05) is 24.3 Å². The second-order valence-electron chi connectivity index (χ2n) is 4.38. The van der Waals surface area contributed by atoms with Crippen molar-refractivity contribution < 1.29 is 9.47 Å². The van der Waals surface area contributed by atoms with Gasteiger partial charge in [0.05, 0.1) is 0 Å². The van der Waals surface area contributed by atoms with E-state index in [1.165, 1.54) is 0 Å². The van der Waals surface area contributed by atoms with Crippen LogP contribution >= 0.6 is 0 Å². The second kappa shape index (κ2) is 5.89. The molecule has 4 heteroatoms. The molecule has 0 bridgehead atoms. The van der Waals surface area contributed by atoms with Gasteiger partial charge in [0, 0.05) is 12.6 Å². The van der Waals surface area contributed by atoms with E-state index in [0.29, 0.717) is 19.2 Å². The highest BCUT2D eigenvalue weighted by Gasteiger charge is 2.20. The fourth-order valence-corrected chi connectivity index (χ4v) is 1.85. The van der Waals surface area contributed by atoms with Gasteiger partial charge in [-0.3, -0.25) is 0 Å². The highest BCUT2D eigenvalue weighted by atomic mass is 16.6. The Labute approximate surface area is 102 Å². The molecule has 3 N–H and O–H groups in total. The highest BCUT2D eigenvalue weighted by molar-refractivity contribution is 5.40. The van der Waals surface area contributed by atoms with Crippen LogP contribution in [0.15, 0.2) is 24.3 Å². The lowest BCUT2D eigenvalue weighted by molar-refractivity contribution is 0.0884. The van der Waals surface area contributed by atoms with Crippen molar-refractivity contribution in [1.82, 2.24) is 5.32 Å². The molecule has 0 fully saturated rings. The van der Waals surface area contributed by atoms with Crippen LogP contribution in [0.4, 0.5) is 0 Å². The van der Waals surface area contributed by atoms with Crippen LogP contribution in [0.1, 0.15) is 13.3 Å². The van der Waals surface area contributed by atoms with E-state index in [1.54, 1.807) is 0 Å². The first-order chi connectivity index (χ1) is 8.29. The minimum Gasteiger partial charge on any atom is -0.486 e. The molecule has 4 nitrogen and oxygen atoms in total. The smallest absolute Gasteiger partial charge is 0.161 e. The Bertz CT molecular complexity index is 357. The van der Waals surface area contributed by atoms with Gasteiger partial charge in [0.2, 0.25) is 0 Å². The molecule has 0 radical (unpaired) electrons. The molecule has 0 spiro atoms. The summed E-state index contributed by atoms with van der Waals surface area (Å²) in [4.78, 5) is 0. The lowest BCUT2D eigenvalue weighted by Crippen LogP contribution is -2.42. The number of nitrogens with one attached hydrogen (secondary N) is 1. The van der Waals surface area contributed by atoms with Crippen LogP contribution in [0, 0.1) is 0 Å². The standard InChI is InChI=1S/C13H20N2O2/c1-10(6-7-14)15-8-11-9-16-12-4-2-3-5-13(12)17-11/h2-5,10-11,15H,6-9,14H2,1H3. The van der Waals surface area contributed by atoms with Crippen LogP contribution in [0.5, 0.6) is 11.5 Å². The number of para-hydroxylation sites is 2. The Morgan fingerprint density at radius 2 is 2.18 bits per heavy atom. The van der Waals surface area contributed by atoms with Gasteiger partial charge in [0.25, 0.3) is 0 Å². The zero-order chi connectivity index (χ0) is 12.1. The fourth-order valence-electron chi connectivity index (χ4n) is 1.85. The second-order valence-corrected chi connectivity index (χ2v) is 4.38. The van der Waals surface area contributed by atoms with Gasteiger partial charge in [0.1, 0.15) is 12.7 Å². The maximum Gasteiger partial charge on any atom is 0.161 e. The maximum atomic E-state index is 5.84. The first kappa shape index (κ1) is 12.2. The molecule has 2 unspecified atom stereocenters. The van der Waals surface area contributed by atoms with Gasteiger partial charge in [-0.25, -0.2) is 0 Å². The van der Waals surface area contributed by atoms with Crippen molar-refractivity contribution in [2.75, 3.05) is 19.7 Å². The van der Waals surface area contributed by atoms with Crippen molar-refractivity contribution in [1.29, 1.82) is 0 Å². The van der Waals surface area contributed by atoms with Gasteiger partial charge in [-0.05, 0) is 32.0 Å². The average Bonchev–Trinajstić information content (AvgIpc) is 2.36. The van der Waals surface area contributed by atoms with Crippen LogP contribution in [0.25, 0.3) is 0 Å². The zero-order valence-electron chi connectivity index (χ0n) is 10.2. The predicted octanol–water partition coefficient (Wildman–Crippen LogP) is 1.15. The monoisotopic (exact) mass is 236 g/mol. The van der Waals surface area contributed by atoms with Crippen molar-refractivity contribution in [2.45, 2.75) is 25.5 Å². The van der Waals surface area contributed by atoms with Crippen LogP contribution in [0.2, 0.25) is 0 Å². The van der Waals surface area contributed by atoms with Crippen molar-refractivity contribution >= 4 is 0 Å². The minimum atomic E-state index is 0.0742. The molecule has 0 amide bonds. The summed E-state index contributed by atoms with van der Waals surface area (Å²) in [6.45, 7) is 4.22. The number of nitrogens with two attached hydrogens (primary N) is 1. The van der Waals surface area contributed by atoms with Crippen LogP contribution < -0.4 is 20.5 Å². The van der Waals surface area contributed by atoms with Crippen molar-refractivity contribution in [2.24, 2.45) is 5.73 Å². The molecule has 94 valence electrons. The molecule has 1 aliphatic rings. The van der Waals surface area contributed by atoms with Gasteiger partial charge in [-0.1, -0.05) is 12.1 Å². The van der Waals surface area contributed by atoms with E-state index in [-0.39, 0.29) is 6.10 Å². The zero-order valence-corrected chi connectivity index (χ0v) is 10.2. The van der Waals surface area contributed by atoms with E-state index >= 15 is 0 Å². The summed E-state index contributed by atoms with van der Waals surface area (Å²) in [5.41, 5.74) is 5.51. The van der Waals surface area contributed by atoms with Gasteiger partial charge in [-0.15, -0.1) is 0 Å². The number of rotatable bonds is 5. The molecular formula is C13H20N2O2. The first-order valence-electron chi connectivity index (χ1n) is 6.11. The van der Waals surface area contributed by atoms with E-state index in [2.05, 4.69) is 12.2 Å². The molecule has 17 heavy (non-hydrogen) atoms. The van der Waals surface area contributed by atoms with Crippen molar-refractivity contribution in [3.05, 3.63) is 24.3 Å². The molecule has 0 saturated carbocycles. The first-order valence-corrected chi connectivity index (χ1v) is 6.11. The number of ether oxygens (including phenoxy) is 2. The van der Waals surface area contributed by atoms with Crippen LogP contribution in [-0.4, -0.2) is 31.8 Å². The lowest BCUT2D eigenvalue weighted by atomic mass is 10.2. The molecule has 1 aromatic rings. The molecule has 0 aliphatic carbocycles. The molecular weight excluding hydrogens is 216 g/mol. The molecule has 2 rings (SSSR count). The molecule has 1 heterocycles. The summed E-state index contributed by atoms with van der Waals surface area (Å²) in [5, 5.41) is 3.40. The lowest BCUT2D eigenvalue weighted by Gasteiger charge is -2.27. The Kier molecular flexibility index (Phi) is 4.23. The van der Waals surface area contributed by atoms with Crippen LogP contribution in [0.3, 0.4) is 0 Å². The predicted molar refractivity (Wildman–Crippen MR) is 67.5 cm³/mol. The number of hydrogen-bond acceptors (Lipinski definition) is 4. The van der Waals surface area contributed by atoms with Gasteiger partial charge < -0.3 is 20.5 Å². The fraction of sp³-hybridized carbons (Fsp3) is 0.538. The third kappa shape index (κ3) is 3.35. The van der Waals surface area contributed by atoms with Crippen molar-refractivity contribution in [3.63, 3.8) is 0 Å². The van der Waals surface area contributed by atoms with E-state index in [0.717, 1.165) is 24.5 Å². The topological polar surface area (TPSA) is 56.5 Å². The Hall–Kier alpha value is -1.26. The molecule has 0 aromatic heterocycles. The van der Waals surface area contributed by atoms with E-state index in [9.17, 15) is 0 Å². The summed E-state index contributed by atoms with van der Waals surface area (Å²) in [6, 6.07) is 8.18. The molecule has 1 aromatic carbocycles. The number of fused-ring (bicyclic) bond motifs is 1. The largest absolute Gasteiger partial charge is 0.486 e. The number of hydrogen-bond donors (Lipinski definition) is 2. The normalized spacial score (nSPS) is 20.0. The van der Waals surface area contributed by atoms with Gasteiger partial charge in [-0.2, -0.15) is 0 Å². The summed E-state index contributed by atoms with van der Waals surface area (Å²) < 4.78 is 11.5. The van der Waals surface area contributed by atoms with E-state index < -0.39 is 0 Å². The summed E-state index contributed by atoms with van der Waals surface area (Å²) >= 11 is 0. The Balaban J connectivity index is 1.82. The van der Waals surface area contributed by atoms with Gasteiger partial charge >= 0.3 is 0 Å². The summed E-state index contributed by atoms with van der Waals surface area (Å²) in [5.74, 6) is 1.66. The third-order valence-electron chi connectivity index (χ3n) is 2.86.